The van der Waals surface area contributed by atoms with E-state index in [1.807, 2.05) is 35.7 Å². The third-order valence-electron chi connectivity index (χ3n) is 6.31. The monoisotopic (exact) mass is 470 g/mol. The van der Waals surface area contributed by atoms with Crippen molar-refractivity contribution < 1.29 is 19.1 Å². The minimum Gasteiger partial charge on any atom is -0.496 e. The first-order chi connectivity index (χ1) is 16.0. The van der Waals surface area contributed by atoms with Gasteiger partial charge in [0.15, 0.2) is 0 Å². The average molecular weight is 471 g/mol. The molecule has 8 nitrogen and oxygen atoms in total. The summed E-state index contributed by atoms with van der Waals surface area (Å²) < 4.78 is 5.48. The second-order valence-electron chi connectivity index (χ2n) is 8.60. The van der Waals surface area contributed by atoms with Gasteiger partial charge < -0.3 is 10.1 Å². The molecule has 33 heavy (non-hydrogen) atoms. The van der Waals surface area contributed by atoms with Gasteiger partial charge in [0.1, 0.15) is 11.3 Å². The topological polar surface area (TPSA) is 91.0 Å². The molecular formula is C24H30N4O4S. The highest BCUT2D eigenvalue weighted by Crippen LogP contribution is 2.33. The number of hydrazine groups is 1. The van der Waals surface area contributed by atoms with E-state index in [-0.39, 0.29) is 18.2 Å². The molecule has 1 aromatic carbocycles. The minimum atomic E-state index is -0.850. The first kappa shape index (κ1) is 23.3. The molecule has 1 spiro atoms. The number of nitrogens with zero attached hydrogens (tertiary/aromatic N) is 2. The van der Waals surface area contributed by atoms with Crippen molar-refractivity contribution >= 4 is 29.2 Å². The average Bonchev–Trinajstić information content (AvgIpc) is 3.41. The molecule has 2 aromatic rings. The number of hydrogen-bond acceptors (Lipinski definition) is 6. The quantitative estimate of drug-likeness (QED) is 0.548. The Morgan fingerprint density at radius 3 is 2.67 bits per heavy atom. The van der Waals surface area contributed by atoms with Gasteiger partial charge in [-0.05, 0) is 30.4 Å². The van der Waals surface area contributed by atoms with E-state index in [1.165, 1.54) is 4.88 Å². The number of rotatable bonds is 9. The highest BCUT2D eigenvalue weighted by molar-refractivity contribution is 7.09. The van der Waals surface area contributed by atoms with Crippen LogP contribution in [0.5, 0.6) is 5.75 Å². The van der Waals surface area contributed by atoms with Crippen LogP contribution >= 0.6 is 11.3 Å². The lowest BCUT2D eigenvalue weighted by Crippen LogP contribution is -2.51. The molecule has 2 heterocycles. The zero-order chi connectivity index (χ0) is 23.3. The van der Waals surface area contributed by atoms with Crippen molar-refractivity contribution in [2.75, 3.05) is 13.7 Å². The Morgan fingerprint density at radius 1 is 1.15 bits per heavy atom. The van der Waals surface area contributed by atoms with E-state index < -0.39 is 11.6 Å². The zero-order valence-corrected chi connectivity index (χ0v) is 19.7. The Balaban J connectivity index is 1.38. The van der Waals surface area contributed by atoms with Gasteiger partial charge in [-0.2, -0.15) is 5.01 Å². The summed E-state index contributed by atoms with van der Waals surface area (Å²) in [6, 6.07) is 11.4. The second kappa shape index (κ2) is 10.4. The lowest BCUT2D eigenvalue weighted by atomic mass is 9.82. The maximum atomic E-state index is 12.9. The van der Waals surface area contributed by atoms with Crippen LogP contribution in [0.4, 0.5) is 4.79 Å². The summed E-state index contributed by atoms with van der Waals surface area (Å²) in [5, 5.41) is 5.72. The summed E-state index contributed by atoms with van der Waals surface area (Å²) in [5.41, 5.74) is 2.72. The first-order valence-corrected chi connectivity index (χ1v) is 12.2. The Morgan fingerprint density at radius 2 is 1.94 bits per heavy atom. The molecule has 0 atom stereocenters. The Hall–Kier alpha value is -2.91. The van der Waals surface area contributed by atoms with Gasteiger partial charge in [-0.15, -0.1) is 11.3 Å². The number of ether oxygens (including phenoxy) is 1. The molecule has 1 saturated carbocycles. The minimum absolute atomic E-state index is 0.157. The Labute approximate surface area is 197 Å². The van der Waals surface area contributed by atoms with E-state index in [2.05, 4.69) is 21.7 Å². The lowest BCUT2D eigenvalue weighted by molar-refractivity contribution is -0.140. The van der Waals surface area contributed by atoms with E-state index in [1.54, 1.807) is 18.4 Å². The van der Waals surface area contributed by atoms with Crippen LogP contribution in [0.15, 0.2) is 41.8 Å². The molecule has 0 bridgehead atoms. The smallest absolute Gasteiger partial charge is 0.344 e. The van der Waals surface area contributed by atoms with Gasteiger partial charge in [0.25, 0.3) is 5.91 Å². The van der Waals surface area contributed by atoms with Crippen LogP contribution in [-0.2, 0) is 22.7 Å². The fraction of sp³-hybridized carbons (Fsp3) is 0.458. The molecular weight excluding hydrogens is 440 g/mol. The van der Waals surface area contributed by atoms with Crippen LogP contribution in [0.1, 0.15) is 49.0 Å². The molecule has 1 aliphatic heterocycles. The van der Waals surface area contributed by atoms with Crippen molar-refractivity contribution in [1.29, 1.82) is 0 Å². The molecule has 2 N–H and O–H groups in total. The SMILES string of the molecule is COc1ccccc1CN(CCC(=O)NN1C(=O)NC2(CCCCC2)C1=O)Cc1cccs1. The molecule has 2 aliphatic rings. The summed E-state index contributed by atoms with van der Waals surface area (Å²) in [6.07, 6.45) is 4.26. The predicted molar refractivity (Wildman–Crippen MR) is 125 cm³/mol. The Kier molecular flexibility index (Phi) is 7.29. The fourth-order valence-electron chi connectivity index (χ4n) is 4.57. The number of hydrogen-bond donors (Lipinski definition) is 2. The van der Waals surface area contributed by atoms with Crippen LogP contribution in [0.2, 0.25) is 0 Å². The Bertz CT molecular complexity index is 988. The van der Waals surface area contributed by atoms with E-state index >= 15 is 0 Å². The molecule has 1 aromatic heterocycles. The molecule has 0 unspecified atom stereocenters. The van der Waals surface area contributed by atoms with Gasteiger partial charge in [0.05, 0.1) is 7.11 Å². The van der Waals surface area contributed by atoms with Gasteiger partial charge in [0.2, 0.25) is 5.91 Å². The predicted octanol–water partition coefficient (Wildman–Crippen LogP) is 3.43. The second-order valence-corrected chi connectivity index (χ2v) is 9.63. The number of para-hydroxylation sites is 1. The van der Waals surface area contributed by atoms with Gasteiger partial charge in [-0.3, -0.25) is 19.9 Å². The van der Waals surface area contributed by atoms with Crippen molar-refractivity contribution in [3.8, 4) is 5.75 Å². The van der Waals surface area contributed by atoms with Crippen LogP contribution in [0, 0.1) is 0 Å². The number of imide groups is 1. The molecule has 4 amide bonds. The molecule has 1 saturated heterocycles. The lowest BCUT2D eigenvalue weighted by Gasteiger charge is -2.30. The summed E-state index contributed by atoms with van der Waals surface area (Å²) >= 11 is 1.67. The molecule has 1 aliphatic carbocycles. The maximum Gasteiger partial charge on any atom is 0.344 e. The number of nitrogens with one attached hydrogen (secondary N) is 2. The number of carbonyl (C=O) groups excluding carboxylic acids is 3. The summed E-state index contributed by atoms with van der Waals surface area (Å²) in [4.78, 5) is 41.4. The number of carbonyl (C=O) groups is 3. The number of amides is 4. The highest BCUT2D eigenvalue weighted by atomic mass is 32.1. The van der Waals surface area contributed by atoms with Crippen molar-refractivity contribution in [2.45, 2.75) is 57.2 Å². The first-order valence-electron chi connectivity index (χ1n) is 11.3. The van der Waals surface area contributed by atoms with Gasteiger partial charge in [-0.1, -0.05) is 43.5 Å². The summed E-state index contributed by atoms with van der Waals surface area (Å²) in [6.45, 7) is 1.77. The van der Waals surface area contributed by atoms with Gasteiger partial charge >= 0.3 is 6.03 Å². The number of urea groups is 1. The van der Waals surface area contributed by atoms with E-state index in [4.69, 9.17) is 4.74 Å². The zero-order valence-electron chi connectivity index (χ0n) is 18.8. The highest BCUT2D eigenvalue weighted by Gasteiger charge is 2.52. The molecule has 176 valence electrons. The third kappa shape index (κ3) is 5.36. The van der Waals surface area contributed by atoms with Gasteiger partial charge in [0, 0.05) is 36.5 Å². The van der Waals surface area contributed by atoms with Crippen molar-refractivity contribution in [3.63, 3.8) is 0 Å². The number of methoxy groups -OCH3 is 1. The van der Waals surface area contributed by atoms with Crippen LogP contribution in [-0.4, -0.2) is 46.9 Å². The van der Waals surface area contributed by atoms with E-state index in [0.29, 0.717) is 32.5 Å². The van der Waals surface area contributed by atoms with Crippen molar-refractivity contribution in [3.05, 3.63) is 52.2 Å². The molecule has 4 rings (SSSR count). The van der Waals surface area contributed by atoms with E-state index in [9.17, 15) is 14.4 Å². The van der Waals surface area contributed by atoms with Crippen molar-refractivity contribution in [1.82, 2.24) is 20.7 Å². The standard InChI is InChI=1S/C24H30N4O4S/c1-32-20-10-4-3-8-18(20)16-27(17-19-9-7-15-33-19)14-11-21(29)26-28-22(30)24(25-23(28)31)12-5-2-6-13-24/h3-4,7-10,15H,2,5-6,11-14,16-17H2,1H3,(H,25,31)(H,26,29). The number of benzene rings is 1. The largest absolute Gasteiger partial charge is 0.496 e. The summed E-state index contributed by atoms with van der Waals surface area (Å²) in [7, 11) is 1.65. The normalized spacial score (nSPS) is 17.5. The van der Waals surface area contributed by atoms with Crippen LogP contribution in [0.25, 0.3) is 0 Å². The van der Waals surface area contributed by atoms with Gasteiger partial charge in [-0.25, -0.2) is 4.79 Å². The maximum absolute atomic E-state index is 12.9. The van der Waals surface area contributed by atoms with Crippen LogP contribution < -0.4 is 15.5 Å². The summed E-state index contributed by atoms with van der Waals surface area (Å²) in [5.74, 6) is 0.0998. The van der Waals surface area contributed by atoms with E-state index in [0.717, 1.165) is 35.6 Å². The molecule has 2 fully saturated rings. The fourth-order valence-corrected chi connectivity index (χ4v) is 5.31. The molecule has 9 heteroatoms. The third-order valence-corrected chi connectivity index (χ3v) is 7.17. The van der Waals surface area contributed by atoms with Crippen LogP contribution in [0.3, 0.4) is 0 Å². The van der Waals surface area contributed by atoms with Crippen molar-refractivity contribution in [2.24, 2.45) is 0 Å². The molecule has 0 radical (unpaired) electrons. The number of thiophene rings is 1.